The van der Waals surface area contributed by atoms with Gasteiger partial charge in [-0.05, 0) is 44.1 Å². The molecule has 4 rings (SSSR count). The molecule has 0 bridgehead atoms. The van der Waals surface area contributed by atoms with E-state index in [-0.39, 0.29) is 0 Å². The van der Waals surface area contributed by atoms with Gasteiger partial charge in [0.2, 0.25) is 0 Å². The van der Waals surface area contributed by atoms with Crippen LogP contribution in [0.15, 0.2) is 66.4 Å². The smallest absolute Gasteiger partial charge is 0.325 e. The van der Waals surface area contributed by atoms with Crippen LogP contribution in [0.3, 0.4) is 0 Å². The Kier molecular flexibility index (Phi) is 5.09. The van der Waals surface area contributed by atoms with Crippen molar-refractivity contribution in [2.75, 3.05) is 4.81 Å². The van der Waals surface area contributed by atoms with Crippen molar-refractivity contribution in [2.45, 2.75) is 27.3 Å². The molecule has 2 heterocycles. The zero-order chi connectivity index (χ0) is 20.5. The topological polar surface area (TPSA) is 21.1 Å². The summed E-state index contributed by atoms with van der Waals surface area (Å²) in [7, 11) is -2.65. The van der Waals surface area contributed by atoms with Gasteiger partial charge in [-0.2, -0.15) is 0 Å². The van der Waals surface area contributed by atoms with Crippen molar-refractivity contribution in [3.8, 4) is 0 Å². The molecule has 1 aromatic heterocycles. The number of aryl methyl sites for hydroxylation is 1. The SMILES string of the molecule is CC1=C/C(=C\c2nc(C)c(C)n2Cc2ccccc2)N(B(F)F)c2ccccc21. The van der Waals surface area contributed by atoms with Crippen molar-refractivity contribution >= 4 is 24.7 Å². The molecule has 2 aromatic carbocycles. The second kappa shape index (κ2) is 7.70. The number of para-hydroxylation sites is 1. The number of imidazole rings is 1. The van der Waals surface area contributed by atoms with Crippen LogP contribution in [0.5, 0.6) is 0 Å². The molecule has 0 spiro atoms. The average molecular weight is 389 g/mol. The number of hydrogen-bond acceptors (Lipinski definition) is 2. The molecule has 1 aliphatic heterocycles. The van der Waals surface area contributed by atoms with E-state index in [4.69, 9.17) is 0 Å². The van der Waals surface area contributed by atoms with Crippen molar-refractivity contribution in [3.05, 3.63) is 94.7 Å². The predicted octanol–water partition coefficient (Wildman–Crippen LogP) is 5.74. The standard InChI is InChI=1S/C23H22BF2N3/c1-16-13-20(29(24(25)26)22-12-8-7-11-21(16)22)14-23-27-17(2)18(3)28(23)15-19-9-5-4-6-10-19/h4-14H,15H2,1-3H3/b20-14+. The summed E-state index contributed by atoms with van der Waals surface area (Å²) in [5, 5.41) is 0. The summed E-state index contributed by atoms with van der Waals surface area (Å²) in [5.74, 6) is 0.674. The van der Waals surface area contributed by atoms with E-state index in [0.717, 1.165) is 32.9 Å². The average Bonchev–Trinajstić information content (AvgIpc) is 2.96. The second-order valence-electron chi connectivity index (χ2n) is 7.27. The van der Waals surface area contributed by atoms with Gasteiger partial charge in [0.1, 0.15) is 5.82 Å². The van der Waals surface area contributed by atoms with Gasteiger partial charge in [0, 0.05) is 35.3 Å². The minimum Gasteiger partial charge on any atom is -0.325 e. The molecule has 1 aliphatic rings. The quantitative estimate of drug-likeness (QED) is 0.531. The minimum absolute atomic E-state index is 0.440. The molecule has 0 radical (unpaired) electrons. The Morgan fingerprint density at radius 3 is 2.38 bits per heavy atom. The molecule has 0 amide bonds. The first-order chi connectivity index (χ1) is 14.0. The normalized spacial score (nSPS) is 14.7. The Labute approximate surface area is 170 Å². The zero-order valence-corrected chi connectivity index (χ0v) is 16.7. The van der Waals surface area contributed by atoms with Gasteiger partial charge in [0.05, 0.1) is 5.69 Å². The summed E-state index contributed by atoms with van der Waals surface area (Å²) in [6.07, 6.45) is 3.56. The lowest BCUT2D eigenvalue weighted by atomic mass is 9.93. The van der Waals surface area contributed by atoms with Crippen LogP contribution in [0.25, 0.3) is 11.6 Å². The molecule has 0 fully saturated rings. The fourth-order valence-corrected chi connectivity index (χ4v) is 3.74. The van der Waals surface area contributed by atoms with Crippen LogP contribution >= 0.6 is 0 Å². The van der Waals surface area contributed by atoms with E-state index in [1.807, 2.05) is 51.1 Å². The number of allylic oxidation sites excluding steroid dienone is 2. The molecule has 0 N–H and O–H groups in total. The third-order valence-corrected chi connectivity index (χ3v) is 5.37. The van der Waals surface area contributed by atoms with Crippen LogP contribution in [-0.2, 0) is 6.54 Å². The van der Waals surface area contributed by atoms with E-state index in [1.165, 1.54) is 0 Å². The molecule has 0 saturated heterocycles. The maximum Gasteiger partial charge on any atom is 0.678 e. The Morgan fingerprint density at radius 2 is 1.66 bits per heavy atom. The number of benzene rings is 2. The first-order valence-corrected chi connectivity index (χ1v) is 9.60. The lowest BCUT2D eigenvalue weighted by Gasteiger charge is -2.30. The number of fused-ring (bicyclic) bond motifs is 1. The molecule has 0 saturated carbocycles. The summed E-state index contributed by atoms with van der Waals surface area (Å²) < 4.78 is 30.2. The van der Waals surface area contributed by atoms with Crippen LogP contribution in [0.1, 0.15) is 35.3 Å². The summed E-state index contributed by atoms with van der Waals surface area (Å²) >= 11 is 0. The van der Waals surface area contributed by atoms with E-state index >= 15 is 0 Å². The third-order valence-electron chi connectivity index (χ3n) is 5.37. The summed E-state index contributed by atoms with van der Waals surface area (Å²) in [5.41, 5.74) is 5.80. The number of anilines is 1. The van der Waals surface area contributed by atoms with Crippen molar-refractivity contribution in [1.29, 1.82) is 0 Å². The number of nitrogens with zero attached hydrogens (tertiary/aromatic N) is 3. The van der Waals surface area contributed by atoms with Gasteiger partial charge in [-0.15, -0.1) is 0 Å². The maximum atomic E-state index is 14.0. The Bertz CT molecular complexity index is 1100. The predicted molar refractivity (Wildman–Crippen MR) is 116 cm³/mol. The lowest BCUT2D eigenvalue weighted by Crippen LogP contribution is -2.34. The highest BCUT2D eigenvalue weighted by molar-refractivity contribution is 6.50. The lowest BCUT2D eigenvalue weighted by molar-refractivity contribution is 0.652. The largest absolute Gasteiger partial charge is 0.678 e. The summed E-state index contributed by atoms with van der Waals surface area (Å²) in [6.45, 7) is 6.54. The van der Waals surface area contributed by atoms with E-state index in [1.54, 1.807) is 24.3 Å². The first-order valence-electron chi connectivity index (χ1n) is 9.60. The molecule has 3 nitrogen and oxygen atoms in total. The Morgan fingerprint density at radius 1 is 0.966 bits per heavy atom. The van der Waals surface area contributed by atoms with Gasteiger partial charge in [-0.1, -0.05) is 48.5 Å². The highest BCUT2D eigenvalue weighted by Crippen LogP contribution is 2.37. The molecule has 0 unspecified atom stereocenters. The van der Waals surface area contributed by atoms with Crippen LogP contribution in [0, 0.1) is 13.8 Å². The maximum absolute atomic E-state index is 14.0. The fourth-order valence-electron chi connectivity index (χ4n) is 3.74. The minimum atomic E-state index is -2.65. The van der Waals surface area contributed by atoms with Crippen LogP contribution in [0.4, 0.5) is 14.3 Å². The van der Waals surface area contributed by atoms with Crippen molar-refractivity contribution in [3.63, 3.8) is 0 Å². The molecule has 29 heavy (non-hydrogen) atoms. The summed E-state index contributed by atoms with van der Waals surface area (Å²) in [4.78, 5) is 5.74. The number of halogens is 2. The molecule has 0 atom stereocenters. The van der Waals surface area contributed by atoms with Gasteiger partial charge in [0.25, 0.3) is 0 Å². The van der Waals surface area contributed by atoms with E-state index in [2.05, 4.69) is 21.7 Å². The highest BCUT2D eigenvalue weighted by atomic mass is 19.2. The fraction of sp³-hybridized carbons (Fsp3) is 0.174. The molecule has 6 heteroatoms. The van der Waals surface area contributed by atoms with Crippen molar-refractivity contribution in [1.82, 2.24) is 9.55 Å². The van der Waals surface area contributed by atoms with Crippen LogP contribution in [-0.4, -0.2) is 17.0 Å². The Balaban J connectivity index is 1.82. The van der Waals surface area contributed by atoms with E-state index < -0.39 is 7.40 Å². The molecular formula is C23H22BF2N3. The number of aromatic nitrogens is 2. The number of rotatable bonds is 4. The molecule has 3 aromatic rings. The molecule has 0 aliphatic carbocycles. The Hall–Kier alpha value is -3.15. The molecular weight excluding hydrogens is 367 g/mol. The van der Waals surface area contributed by atoms with Crippen LogP contribution in [0.2, 0.25) is 0 Å². The monoisotopic (exact) mass is 389 g/mol. The number of hydrogen-bond donors (Lipinski definition) is 0. The van der Waals surface area contributed by atoms with Gasteiger partial charge >= 0.3 is 7.40 Å². The van der Waals surface area contributed by atoms with Crippen molar-refractivity contribution < 1.29 is 8.63 Å². The van der Waals surface area contributed by atoms with Gasteiger partial charge in [-0.25, -0.2) is 4.98 Å². The summed E-state index contributed by atoms with van der Waals surface area (Å²) in [6, 6.07) is 17.3. The first kappa shape index (κ1) is 19.2. The van der Waals surface area contributed by atoms with Crippen molar-refractivity contribution in [2.24, 2.45) is 0 Å². The zero-order valence-electron chi connectivity index (χ0n) is 16.7. The highest BCUT2D eigenvalue weighted by Gasteiger charge is 2.33. The van der Waals surface area contributed by atoms with E-state index in [0.29, 0.717) is 23.8 Å². The van der Waals surface area contributed by atoms with Gasteiger partial charge in [-0.3, -0.25) is 8.63 Å². The van der Waals surface area contributed by atoms with E-state index in [9.17, 15) is 8.63 Å². The van der Waals surface area contributed by atoms with Gasteiger partial charge in [0.15, 0.2) is 0 Å². The second-order valence-corrected chi connectivity index (χ2v) is 7.27. The van der Waals surface area contributed by atoms with Crippen LogP contribution < -0.4 is 4.81 Å². The molecule has 146 valence electrons. The third kappa shape index (κ3) is 3.62. The van der Waals surface area contributed by atoms with Gasteiger partial charge < -0.3 is 9.38 Å².